The number of hydrogen-bond acceptors (Lipinski definition) is 9. The van der Waals surface area contributed by atoms with Crippen LogP contribution in [0.25, 0.3) is 0 Å². The average molecular weight is 697 g/mol. The SMILES string of the molecule is CC(C)[C@@H](C)[C@@]1(C)CC[C@]2(C)[C@H]3CC[C@H]4C5(C)COC[C@@]4(C[C@@H](n4nnc(N)n4)[C@@H]5OC[C@@](C)(C(C)C)N(C)C)C3=CC(=O)[C@@]2(C)[C@@H]1C(=O)O. The molecule has 3 saturated carbocycles. The van der Waals surface area contributed by atoms with Crippen LogP contribution in [0.5, 0.6) is 0 Å². The number of hydrogen-bond donors (Lipinski definition) is 2. The first-order chi connectivity index (χ1) is 23.1. The second-order valence-corrected chi connectivity index (χ2v) is 19.1. The summed E-state index contributed by atoms with van der Waals surface area (Å²) in [6.45, 7) is 23.4. The number of carbonyl (C=O) groups excluding carboxylic acids is 1. The monoisotopic (exact) mass is 696 g/mol. The van der Waals surface area contributed by atoms with Gasteiger partial charge in [-0.1, -0.05) is 73.0 Å². The largest absolute Gasteiger partial charge is 0.481 e. The normalized spacial score (nSPS) is 43.1. The maximum Gasteiger partial charge on any atom is 0.308 e. The molecular formula is C39H64N6O5. The van der Waals surface area contributed by atoms with Crippen molar-refractivity contribution in [2.75, 3.05) is 39.6 Å². The molecule has 6 rings (SSSR count). The zero-order chi connectivity index (χ0) is 37.0. The summed E-state index contributed by atoms with van der Waals surface area (Å²) in [6.07, 6.45) is 5.69. The van der Waals surface area contributed by atoms with Crippen LogP contribution < -0.4 is 5.73 Å². The van der Waals surface area contributed by atoms with E-state index in [1.807, 2.05) is 13.0 Å². The maximum atomic E-state index is 15.0. The van der Waals surface area contributed by atoms with Crippen LogP contribution in [0.3, 0.4) is 0 Å². The molecule has 1 aromatic heterocycles. The van der Waals surface area contributed by atoms with Crippen molar-refractivity contribution in [1.82, 2.24) is 25.1 Å². The van der Waals surface area contributed by atoms with E-state index in [1.165, 1.54) is 0 Å². The van der Waals surface area contributed by atoms with Crippen LogP contribution >= 0.6 is 0 Å². The minimum absolute atomic E-state index is 0.0421. The predicted octanol–water partition coefficient (Wildman–Crippen LogP) is 5.93. The molecule has 2 heterocycles. The van der Waals surface area contributed by atoms with E-state index in [2.05, 4.69) is 96.7 Å². The summed E-state index contributed by atoms with van der Waals surface area (Å²) in [4.78, 5) is 32.4. The summed E-state index contributed by atoms with van der Waals surface area (Å²) in [7, 11) is 4.21. The number of nitrogen functional groups attached to an aromatic ring is 1. The molecular weight excluding hydrogens is 632 g/mol. The molecule has 0 radical (unpaired) electrons. The molecule has 0 spiro atoms. The number of nitrogens with two attached hydrogens (primary N) is 1. The molecule has 1 saturated heterocycles. The van der Waals surface area contributed by atoms with Gasteiger partial charge in [0.25, 0.3) is 5.95 Å². The van der Waals surface area contributed by atoms with Gasteiger partial charge in [-0.3, -0.25) is 9.59 Å². The van der Waals surface area contributed by atoms with E-state index in [9.17, 15) is 9.90 Å². The summed E-state index contributed by atoms with van der Waals surface area (Å²) < 4.78 is 13.8. The van der Waals surface area contributed by atoms with Crippen LogP contribution in [0.2, 0.25) is 0 Å². The maximum absolute atomic E-state index is 15.0. The Morgan fingerprint density at radius 3 is 2.38 bits per heavy atom. The fourth-order valence-corrected chi connectivity index (χ4v) is 12.3. The van der Waals surface area contributed by atoms with Gasteiger partial charge in [-0.2, -0.15) is 4.80 Å². The second kappa shape index (κ2) is 12.1. The number of aliphatic carboxylic acids is 1. The number of carboxylic acid groups (broad SMARTS) is 1. The third kappa shape index (κ3) is 4.87. The topological polar surface area (TPSA) is 146 Å². The van der Waals surface area contributed by atoms with Crippen molar-refractivity contribution >= 4 is 17.7 Å². The quantitative estimate of drug-likeness (QED) is 0.319. The predicted molar refractivity (Wildman–Crippen MR) is 192 cm³/mol. The number of tetrazole rings is 1. The van der Waals surface area contributed by atoms with Crippen molar-refractivity contribution in [3.05, 3.63) is 11.6 Å². The standard InChI is InChI=1S/C39H64N6O5/c1-22(2)24(5)34(6)15-16-36(8)25-13-14-28-35(7)19-49-21-39(28,26(25)17-29(46)38(36,10)30(34)32(47)48)18-27(45-42-33(40)41-43-45)31(35)50-20-37(9,23(3)4)44(11)12/h17,22-25,27-28,30-31H,13-16,18-21H2,1-12H3,(H2,40,42)(H,47,48)/t24-,25+,27-,28+,30-,31+,34-,35?,36-,37+,38+,39+/m1/s1. The van der Waals surface area contributed by atoms with Crippen LogP contribution in [0.1, 0.15) is 107 Å². The fraction of sp³-hybridized carbons (Fsp3) is 0.872. The van der Waals surface area contributed by atoms with E-state index < -0.39 is 39.0 Å². The summed E-state index contributed by atoms with van der Waals surface area (Å²) in [5.74, 6) is -0.518. The van der Waals surface area contributed by atoms with Crippen molar-refractivity contribution in [2.45, 2.75) is 119 Å². The van der Waals surface area contributed by atoms with E-state index in [0.717, 1.165) is 31.3 Å². The van der Waals surface area contributed by atoms with E-state index in [4.69, 9.17) is 15.2 Å². The molecule has 4 aliphatic carbocycles. The van der Waals surface area contributed by atoms with Crippen molar-refractivity contribution in [2.24, 2.45) is 62.6 Å². The number of carboxylic acids is 1. The minimum atomic E-state index is -1.04. The molecule has 0 amide bonds. The molecule has 1 aromatic rings. The van der Waals surface area contributed by atoms with E-state index in [1.54, 1.807) is 4.80 Å². The highest BCUT2D eigenvalue weighted by Gasteiger charge is 2.74. The van der Waals surface area contributed by atoms with Gasteiger partial charge < -0.3 is 25.2 Å². The van der Waals surface area contributed by atoms with E-state index in [-0.39, 0.29) is 47.2 Å². The number of fused-ring (bicyclic) bond motifs is 3. The summed E-state index contributed by atoms with van der Waals surface area (Å²) in [5, 5.41) is 24.1. The Hall–Kier alpha value is -2.37. The number of nitrogens with zero attached hydrogens (tertiary/aromatic N) is 5. The molecule has 4 fully saturated rings. The molecule has 0 aromatic carbocycles. The van der Waals surface area contributed by atoms with Gasteiger partial charge in [-0.15, -0.1) is 5.10 Å². The van der Waals surface area contributed by atoms with Crippen LogP contribution in [0.15, 0.2) is 11.6 Å². The van der Waals surface area contributed by atoms with Gasteiger partial charge >= 0.3 is 5.97 Å². The number of ketones is 1. The Kier molecular flexibility index (Phi) is 9.04. The Morgan fingerprint density at radius 2 is 1.82 bits per heavy atom. The highest BCUT2D eigenvalue weighted by molar-refractivity contribution is 6.00. The Balaban J connectivity index is 1.47. The van der Waals surface area contributed by atoms with Crippen molar-refractivity contribution in [3.8, 4) is 0 Å². The minimum Gasteiger partial charge on any atom is -0.481 e. The second-order valence-electron chi connectivity index (χ2n) is 19.1. The fourth-order valence-electron chi connectivity index (χ4n) is 12.3. The lowest BCUT2D eigenvalue weighted by atomic mass is 9.34. The third-order valence-corrected chi connectivity index (χ3v) is 16.5. The highest BCUT2D eigenvalue weighted by atomic mass is 16.5. The zero-order valence-corrected chi connectivity index (χ0v) is 32.7. The number of aromatic nitrogens is 4. The summed E-state index contributed by atoms with van der Waals surface area (Å²) in [6, 6.07) is -0.285. The van der Waals surface area contributed by atoms with Crippen LogP contribution in [-0.4, -0.2) is 87.5 Å². The summed E-state index contributed by atoms with van der Waals surface area (Å²) >= 11 is 0. The number of carbonyl (C=O) groups is 2. The average Bonchev–Trinajstić information content (AvgIpc) is 3.46. The van der Waals surface area contributed by atoms with Gasteiger partial charge in [-0.25, -0.2) is 0 Å². The molecule has 2 bridgehead atoms. The van der Waals surface area contributed by atoms with Gasteiger partial charge in [0.2, 0.25) is 0 Å². The smallest absolute Gasteiger partial charge is 0.308 e. The number of anilines is 1. The molecule has 11 heteroatoms. The van der Waals surface area contributed by atoms with Crippen molar-refractivity contribution in [1.29, 1.82) is 0 Å². The number of allylic oxidation sites excluding steroid dienone is 1. The zero-order valence-electron chi connectivity index (χ0n) is 32.7. The Bertz CT molecular complexity index is 1530. The van der Waals surface area contributed by atoms with Gasteiger partial charge in [0, 0.05) is 21.8 Å². The number of likely N-dealkylation sites (N-methyl/N-ethyl adjacent to an activating group) is 1. The molecule has 1 aliphatic heterocycles. The lowest BCUT2D eigenvalue weighted by molar-refractivity contribution is -0.254. The van der Waals surface area contributed by atoms with Gasteiger partial charge in [0.05, 0.1) is 31.8 Å². The highest BCUT2D eigenvalue weighted by Crippen LogP contribution is 2.74. The first-order valence-corrected chi connectivity index (χ1v) is 19.1. The summed E-state index contributed by atoms with van der Waals surface area (Å²) in [5.41, 5.74) is 4.07. The lowest BCUT2D eigenvalue weighted by Crippen LogP contribution is -2.70. The van der Waals surface area contributed by atoms with Crippen LogP contribution in [0.4, 0.5) is 5.95 Å². The Morgan fingerprint density at radius 1 is 1.14 bits per heavy atom. The van der Waals surface area contributed by atoms with Gasteiger partial charge in [-0.05, 0) is 105 Å². The van der Waals surface area contributed by atoms with Crippen molar-refractivity contribution in [3.63, 3.8) is 0 Å². The third-order valence-electron chi connectivity index (χ3n) is 16.5. The van der Waals surface area contributed by atoms with Gasteiger partial charge in [0.15, 0.2) is 5.78 Å². The molecule has 3 N–H and O–H groups in total. The lowest BCUT2D eigenvalue weighted by Gasteiger charge is -2.70. The van der Waals surface area contributed by atoms with Gasteiger partial charge in [0.1, 0.15) is 6.04 Å². The van der Waals surface area contributed by atoms with E-state index >= 15 is 4.79 Å². The van der Waals surface area contributed by atoms with Crippen LogP contribution in [0, 0.1) is 62.6 Å². The van der Waals surface area contributed by atoms with E-state index in [0.29, 0.717) is 38.1 Å². The molecule has 1 unspecified atom stereocenters. The number of ether oxygens (including phenoxy) is 2. The molecule has 12 atom stereocenters. The first kappa shape index (κ1) is 37.4. The molecule has 5 aliphatic rings. The van der Waals surface area contributed by atoms with Crippen molar-refractivity contribution < 1.29 is 24.2 Å². The first-order valence-electron chi connectivity index (χ1n) is 19.1. The Labute approximate surface area is 299 Å². The van der Waals surface area contributed by atoms with Crippen LogP contribution in [-0.2, 0) is 19.1 Å². The molecule has 11 nitrogen and oxygen atoms in total. The molecule has 280 valence electrons. The number of rotatable bonds is 9. The molecule has 50 heavy (non-hydrogen) atoms.